The summed E-state index contributed by atoms with van der Waals surface area (Å²) in [7, 11) is -0.942. The van der Waals surface area contributed by atoms with Gasteiger partial charge in [0.05, 0.1) is 5.60 Å². The Morgan fingerprint density at radius 3 is 2.56 bits per heavy atom. The highest BCUT2D eigenvalue weighted by Gasteiger charge is 2.41. The van der Waals surface area contributed by atoms with Gasteiger partial charge in [0.25, 0.3) is 0 Å². The molecule has 0 saturated carbocycles. The van der Waals surface area contributed by atoms with Crippen LogP contribution in [0.4, 0.5) is 4.39 Å². The number of halogens is 1. The summed E-state index contributed by atoms with van der Waals surface area (Å²) in [6.45, 7) is 7.52. The molecule has 0 aliphatic carbocycles. The van der Waals surface area contributed by atoms with Gasteiger partial charge in [0.2, 0.25) is 0 Å². The molecule has 86 valence electrons. The van der Waals surface area contributed by atoms with Crippen LogP contribution in [0.1, 0.15) is 44.7 Å². The van der Waals surface area contributed by atoms with E-state index in [-0.39, 0.29) is 11.7 Å². The first-order valence-electron chi connectivity index (χ1n) is 5.52. The molecule has 0 bridgehead atoms. The van der Waals surface area contributed by atoms with E-state index in [4.69, 9.17) is 4.65 Å². The third-order valence-electron chi connectivity index (χ3n) is 3.11. The van der Waals surface area contributed by atoms with Gasteiger partial charge in [-0.25, -0.2) is 4.39 Å². The van der Waals surface area contributed by atoms with Crippen LogP contribution < -0.4 is 5.46 Å². The second-order valence-corrected chi connectivity index (χ2v) is 5.10. The van der Waals surface area contributed by atoms with Gasteiger partial charge < -0.3 is 9.68 Å². The number of hydrogen-bond acceptors (Lipinski definition) is 2. The summed E-state index contributed by atoms with van der Waals surface area (Å²) in [4.78, 5) is 0. The van der Waals surface area contributed by atoms with E-state index in [0.717, 1.165) is 5.56 Å². The zero-order valence-corrected chi connectivity index (χ0v) is 10.0. The molecule has 4 heteroatoms. The number of rotatable bonds is 1. The lowest BCUT2D eigenvalue weighted by Crippen LogP contribution is -2.29. The molecule has 1 aliphatic heterocycles. The monoisotopic (exact) mass is 222 g/mol. The zero-order chi connectivity index (χ0) is 12.1. The Labute approximate surface area is 95.6 Å². The van der Waals surface area contributed by atoms with E-state index in [1.54, 1.807) is 6.07 Å². The maximum absolute atomic E-state index is 13.8. The summed E-state index contributed by atoms with van der Waals surface area (Å²) in [5, 5.41) is 9.77. The first-order chi connectivity index (χ1) is 7.33. The standard InChI is InChI=1S/C12H16BFO2/c1-7(2)8-5-10-9(6-11(8)14)12(3,4)16-13(10)15/h5-7,15H,1-4H3. The number of hydrogen-bond donors (Lipinski definition) is 1. The van der Waals surface area contributed by atoms with Crippen molar-refractivity contribution in [2.75, 3.05) is 0 Å². The van der Waals surface area contributed by atoms with E-state index < -0.39 is 12.7 Å². The van der Waals surface area contributed by atoms with Crippen LogP contribution in [0.25, 0.3) is 0 Å². The lowest BCUT2D eigenvalue weighted by Gasteiger charge is -2.20. The average molecular weight is 222 g/mol. The Morgan fingerprint density at radius 2 is 2.00 bits per heavy atom. The van der Waals surface area contributed by atoms with Gasteiger partial charge in [-0.2, -0.15) is 0 Å². The van der Waals surface area contributed by atoms with E-state index in [1.807, 2.05) is 27.7 Å². The van der Waals surface area contributed by atoms with Crippen LogP contribution in [0.3, 0.4) is 0 Å². The van der Waals surface area contributed by atoms with Crippen molar-refractivity contribution in [1.29, 1.82) is 0 Å². The van der Waals surface area contributed by atoms with Crippen molar-refractivity contribution in [2.24, 2.45) is 0 Å². The summed E-state index contributed by atoms with van der Waals surface area (Å²) >= 11 is 0. The number of benzene rings is 1. The summed E-state index contributed by atoms with van der Waals surface area (Å²) in [6.07, 6.45) is 0. The first kappa shape index (κ1) is 11.6. The Bertz CT molecular complexity index is 429. The molecule has 0 fully saturated rings. The van der Waals surface area contributed by atoms with Crippen molar-refractivity contribution in [1.82, 2.24) is 0 Å². The van der Waals surface area contributed by atoms with Crippen LogP contribution in [0.15, 0.2) is 12.1 Å². The molecule has 1 aromatic rings. The van der Waals surface area contributed by atoms with Crippen molar-refractivity contribution < 1.29 is 14.1 Å². The summed E-state index contributed by atoms with van der Waals surface area (Å²) < 4.78 is 19.2. The van der Waals surface area contributed by atoms with Crippen molar-refractivity contribution in [2.45, 2.75) is 39.2 Å². The fourth-order valence-corrected chi connectivity index (χ4v) is 2.18. The minimum Gasteiger partial charge on any atom is -0.423 e. The molecule has 1 N–H and O–H groups in total. The van der Waals surface area contributed by atoms with Crippen LogP contribution in [0, 0.1) is 5.82 Å². The third-order valence-corrected chi connectivity index (χ3v) is 3.11. The molecule has 2 nitrogen and oxygen atoms in total. The lowest BCUT2D eigenvalue weighted by atomic mass is 9.76. The zero-order valence-electron chi connectivity index (χ0n) is 10.0. The largest absolute Gasteiger partial charge is 0.492 e. The van der Waals surface area contributed by atoms with Gasteiger partial charge in [0.1, 0.15) is 5.82 Å². The lowest BCUT2D eigenvalue weighted by molar-refractivity contribution is 0.100. The Balaban J connectivity index is 2.60. The highest BCUT2D eigenvalue weighted by Crippen LogP contribution is 2.32. The quantitative estimate of drug-likeness (QED) is 0.735. The highest BCUT2D eigenvalue weighted by molar-refractivity contribution is 6.62. The van der Waals surface area contributed by atoms with Crippen LogP contribution in [0.2, 0.25) is 0 Å². The van der Waals surface area contributed by atoms with E-state index >= 15 is 0 Å². The predicted octanol–water partition coefficient (Wildman–Crippen LogP) is 1.90. The highest BCUT2D eigenvalue weighted by atomic mass is 19.1. The maximum Gasteiger partial charge on any atom is 0.492 e. The first-order valence-corrected chi connectivity index (χ1v) is 5.52. The molecular weight excluding hydrogens is 206 g/mol. The molecule has 16 heavy (non-hydrogen) atoms. The average Bonchev–Trinajstić information content (AvgIpc) is 2.36. The molecule has 0 spiro atoms. The molecule has 0 unspecified atom stereocenters. The fourth-order valence-electron chi connectivity index (χ4n) is 2.18. The SMILES string of the molecule is CC(C)c1cc2c(cc1F)C(C)(C)OB2O. The predicted molar refractivity (Wildman–Crippen MR) is 62.2 cm³/mol. The van der Waals surface area contributed by atoms with Gasteiger partial charge >= 0.3 is 7.12 Å². The second kappa shape index (κ2) is 3.57. The molecule has 1 heterocycles. The summed E-state index contributed by atoms with van der Waals surface area (Å²) in [6, 6.07) is 3.20. The van der Waals surface area contributed by atoms with Crippen LogP contribution >= 0.6 is 0 Å². The van der Waals surface area contributed by atoms with E-state index in [2.05, 4.69) is 0 Å². The minimum absolute atomic E-state index is 0.0983. The van der Waals surface area contributed by atoms with Crippen LogP contribution in [-0.2, 0) is 10.3 Å². The van der Waals surface area contributed by atoms with Gasteiger partial charge in [-0.05, 0) is 42.4 Å². The second-order valence-electron chi connectivity index (χ2n) is 5.10. The molecular formula is C12H16BFO2. The minimum atomic E-state index is -0.942. The summed E-state index contributed by atoms with van der Waals surface area (Å²) in [5.41, 5.74) is 1.43. The Morgan fingerprint density at radius 1 is 1.38 bits per heavy atom. The molecule has 0 aromatic heterocycles. The smallest absolute Gasteiger partial charge is 0.423 e. The Kier molecular flexibility index (Phi) is 2.59. The van der Waals surface area contributed by atoms with Gasteiger partial charge in [0, 0.05) is 0 Å². The van der Waals surface area contributed by atoms with Crippen molar-refractivity contribution >= 4 is 12.6 Å². The van der Waals surface area contributed by atoms with Gasteiger partial charge in [-0.3, -0.25) is 0 Å². The van der Waals surface area contributed by atoms with E-state index in [0.29, 0.717) is 11.0 Å². The fraction of sp³-hybridized carbons (Fsp3) is 0.500. The normalized spacial score (nSPS) is 18.1. The molecule has 0 amide bonds. The molecule has 0 radical (unpaired) electrons. The van der Waals surface area contributed by atoms with E-state index in [9.17, 15) is 9.41 Å². The summed E-state index contributed by atoms with van der Waals surface area (Å²) in [5.74, 6) is -0.124. The van der Waals surface area contributed by atoms with Crippen molar-refractivity contribution in [3.63, 3.8) is 0 Å². The molecule has 0 saturated heterocycles. The van der Waals surface area contributed by atoms with Gasteiger partial charge in [0.15, 0.2) is 0 Å². The molecule has 1 aliphatic rings. The number of fused-ring (bicyclic) bond motifs is 1. The molecule has 1 aromatic carbocycles. The van der Waals surface area contributed by atoms with Crippen molar-refractivity contribution in [3.05, 3.63) is 29.1 Å². The molecule has 2 rings (SSSR count). The Hall–Kier alpha value is -0.865. The van der Waals surface area contributed by atoms with Crippen molar-refractivity contribution in [3.8, 4) is 0 Å². The topological polar surface area (TPSA) is 29.5 Å². The van der Waals surface area contributed by atoms with Gasteiger partial charge in [-0.15, -0.1) is 0 Å². The van der Waals surface area contributed by atoms with Crippen LogP contribution in [0.5, 0.6) is 0 Å². The van der Waals surface area contributed by atoms with Crippen LogP contribution in [-0.4, -0.2) is 12.1 Å². The maximum atomic E-state index is 13.8. The third kappa shape index (κ3) is 1.66. The van der Waals surface area contributed by atoms with E-state index in [1.165, 1.54) is 6.07 Å². The molecule has 0 atom stereocenters. The van der Waals surface area contributed by atoms with Gasteiger partial charge in [-0.1, -0.05) is 19.9 Å².